The zero-order valence-corrected chi connectivity index (χ0v) is 11.1. The van der Waals surface area contributed by atoms with Crippen molar-refractivity contribution in [3.05, 3.63) is 40.9 Å². The van der Waals surface area contributed by atoms with Crippen LogP contribution in [0.1, 0.15) is 11.5 Å². The van der Waals surface area contributed by atoms with Crippen molar-refractivity contribution >= 4 is 33.4 Å². The minimum Gasteiger partial charge on any atom is -0.346 e. The number of aromatic amines is 1. The second-order valence-electron chi connectivity index (χ2n) is 4.48. The van der Waals surface area contributed by atoms with Crippen LogP contribution in [0.2, 0.25) is 0 Å². The molecule has 5 nitrogen and oxygen atoms in total. The number of nitrogens with zero attached hydrogens (tertiary/aromatic N) is 4. The number of pyridine rings is 1. The smallest absolute Gasteiger partial charge is 0.139 e. The van der Waals surface area contributed by atoms with Gasteiger partial charge in [0.1, 0.15) is 17.0 Å². The van der Waals surface area contributed by atoms with E-state index < -0.39 is 0 Å². The third-order valence-corrected chi connectivity index (χ3v) is 3.97. The van der Waals surface area contributed by atoms with Crippen molar-refractivity contribution in [3.63, 3.8) is 0 Å². The van der Waals surface area contributed by atoms with Crippen LogP contribution in [-0.4, -0.2) is 24.5 Å². The van der Waals surface area contributed by atoms with Gasteiger partial charge in [0.15, 0.2) is 0 Å². The molecule has 0 aliphatic heterocycles. The predicted molar refractivity (Wildman–Crippen MR) is 75.3 cm³/mol. The lowest BCUT2D eigenvalue weighted by Gasteiger charge is -2.00. The highest BCUT2D eigenvalue weighted by atomic mass is 32.1. The quantitative estimate of drug-likeness (QED) is 0.608. The highest BCUT2D eigenvalue weighted by molar-refractivity contribution is 7.07. The van der Waals surface area contributed by atoms with Crippen molar-refractivity contribution in [1.29, 1.82) is 0 Å². The van der Waals surface area contributed by atoms with Gasteiger partial charge in [0, 0.05) is 30.4 Å². The average Bonchev–Trinajstić information content (AvgIpc) is 3.11. The summed E-state index contributed by atoms with van der Waals surface area (Å²) in [7, 11) is 2.05. The third-order valence-electron chi connectivity index (χ3n) is 3.33. The number of rotatable bonds is 2. The highest BCUT2D eigenvalue weighted by Gasteiger charge is 2.13. The minimum absolute atomic E-state index is 0.751. The molecule has 0 aromatic carbocycles. The fraction of sp³-hybridized carbons (Fsp3) is 0.154. The first-order chi connectivity index (χ1) is 9.33. The van der Waals surface area contributed by atoms with Gasteiger partial charge in [0.25, 0.3) is 0 Å². The van der Waals surface area contributed by atoms with E-state index in [-0.39, 0.29) is 0 Å². The van der Waals surface area contributed by atoms with Gasteiger partial charge in [0.05, 0.1) is 22.9 Å². The van der Waals surface area contributed by atoms with E-state index >= 15 is 0 Å². The number of aryl methyl sites for hydroxylation is 1. The van der Waals surface area contributed by atoms with Crippen LogP contribution in [0.25, 0.3) is 22.1 Å². The van der Waals surface area contributed by atoms with Crippen LogP contribution < -0.4 is 0 Å². The van der Waals surface area contributed by atoms with E-state index in [2.05, 4.69) is 29.9 Å². The standard InChI is InChI=1S/C13H11N5S/c1-18-11(4-8-6-19-7-16-8)17-10-5-15-13-9(12(10)18)2-3-14-13/h2-3,5-7H,4H2,1H3,(H,14,15). The monoisotopic (exact) mass is 269 g/mol. The van der Waals surface area contributed by atoms with E-state index in [9.17, 15) is 0 Å². The molecular weight excluding hydrogens is 258 g/mol. The molecule has 0 saturated heterocycles. The summed E-state index contributed by atoms with van der Waals surface area (Å²) in [6, 6.07) is 2.04. The van der Waals surface area contributed by atoms with Gasteiger partial charge in [0.2, 0.25) is 0 Å². The maximum atomic E-state index is 4.67. The molecule has 0 radical (unpaired) electrons. The maximum Gasteiger partial charge on any atom is 0.139 e. The summed E-state index contributed by atoms with van der Waals surface area (Å²) in [6.45, 7) is 0. The van der Waals surface area contributed by atoms with Crippen molar-refractivity contribution in [2.45, 2.75) is 6.42 Å². The van der Waals surface area contributed by atoms with Crippen molar-refractivity contribution in [2.24, 2.45) is 7.05 Å². The van der Waals surface area contributed by atoms with Crippen LogP contribution in [0.5, 0.6) is 0 Å². The molecule has 0 bridgehead atoms. The van der Waals surface area contributed by atoms with Gasteiger partial charge in [-0.2, -0.15) is 0 Å². The summed E-state index contributed by atoms with van der Waals surface area (Å²) >= 11 is 1.61. The van der Waals surface area contributed by atoms with Gasteiger partial charge >= 0.3 is 0 Å². The Morgan fingerprint density at radius 2 is 2.32 bits per heavy atom. The maximum absolute atomic E-state index is 4.67. The summed E-state index contributed by atoms with van der Waals surface area (Å²) in [5.41, 5.74) is 5.86. The topological polar surface area (TPSA) is 59.4 Å². The molecule has 0 unspecified atom stereocenters. The molecule has 4 aromatic rings. The molecule has 0 aliphatic rings. The lowest BCUT2D eigenvalue weighted by Crippen LogP contribution is -1.99. The second kappa shape index (κ2) is 3.89. The number of imidazole rings is 1. The number of hydrogen-bond donors (Lipinski definition) is 1. The van der Waals surface area contributed by atoms with Gasteiger partial charge < -0.3 is 9.55 Å². The first-order valence-corrected chi connectivity index (χ1v) is 6.91. The molecule has 0 fully saturated rings. The predicted octanol–water partition coefficient (Wildman–Crippen LogP) is 2.50. The summed E-state index contributed by atoms with van der Waals surface area (Å²) < 4.78 is 2.13. The number of nitrogens with one attached hydrogen (secondary N) is 1. The Kier molecular flexibility index (Phi) is 2.19. The Morgan fingerprint density at radius 1 is 1.37 bits per heavy atom. The molecule has 0 saturated carbocycles. The van der Waals surface area contributed by atoms with Crippen molar-refractivity contribution in [3.8, 4) is 0 Å². The van der Waals surface area contributed by atoms with E-state index in [0.29, 0.717) is 0 Å². The first kappa shape index (κ1) is 10.7. The molecule has 4 rings (SSSR count). The molecule has 0 spiro atoms. The molecular formula is C13H11N5S. The zero-order valence-electron chi connectivity index (χ0n) is 10.3. The van der Waals surface area contributed by atoms with Crippen molar-refractivity contribution in [2.75, 3.05) is 0 Å². The fourth-order valence-electron chi connectivity index (χ4n) is 2.41. The number of thiazole rings is 1. The van der Waals surface area contributed by atoms with Gasteiger partial charge in [-0.05, 0) is 6.07 Å². The normalized spacial score (nSPS) is 11.6. The fourth-order valence-corrected chi connectivity index (χ4v) is 2.96. The van der Waals surface area contributed by atoms with Crippen LogP contribution >= 0.6 is 11.3 Å². The molecule has 0 atom stereocenters. The van der Waals surface area contributed by atoms with E-state index in [0.717, 1.165) is 40.0 Å². The van der Waals surface area contributed by atoms with Crippen molar-refractivity contribution in [1.82, 2.24) is 24.5 Å². The van der Waals surface area contributed by atoms with E-state index in [4.69, 9.17) is 0 Å². The third kappa shape index (κ3) is 1.57. The lowest BCUT2D eigenvalue weighted by atomic mass is 10.3. The van der Waals surface area contributed by atoms with Gasteiger partial charge in [-0.15, -0.1) is 11.3 Å². The van der Waals surface area contributed by atoms with E-state index in [1.807, 2.05) is 31.0 Å². The van der Waals surface area contributed by atoms with E-state index in [1.165, 1.54) is 0 Å². The minimum atomic E-state index is 0.751. The average molecular weight is 269 g/mol. The molecule has 4 heterocycles. The summed E-state index contributed by atoms with van der Waals surface area (Å²) in [6.07, 6.45) is 4.48. The second-order valence-corrected chi connectivity index (χ2v) is 5.19. The Bertz CT molecular complexity index is 856. The number of H-pyrrole nitrogens is 1. The number of aromatic nitrogens is 5. The summed E-state index contributed by atoms with van der Waals surface area (Å²) in [5, 5.41) is 3.17. The molecule has 6 heteroatoms. The molecule has 94 valence electrons. The van der Waals surface area contributed by atoms with Gasteiger partial charge in [-0.3, -0.25) is 0 Å². The van der Waals surface area contributed by atoms with Crippen LogP contribution in [0, 0.1) is 0 Å². The number of fused-ring (bicyclic) bond motifs is 3. The van der Waals surface area contributed by atoms with Crippen molar-refractivity contribution < 1.29 is 0 Å². The summed E-state index contributed by atoms with van der Waals surface area (Å²) in [5.74, 6) is 1.01. The molecule has 0 aliphatic carbocycles. The van der Waals surface area contributed by atoms with E-state index in [1.54, 1.807) is 11.3 Å². The largest absolute Gasteiger partial charge is 0.346 e. The molecule has 0 amide bonds. The first-order valence-electron chi connectivity index (χ1n) is 5.97. The van der Waals surface area contributed by atoms with Crippen LogP contribution in [-0.2, 0) is 13.5 Å². The SMILES string of the molecule is Cn1c(Cc2cscn2)nc2cnc3[nH]ccc3c21. The highest BCUT2D eigenvalue weighted by Crippen LogP contribution is 2.24. The molecule has 1 N–H and O–H groups in total. The molecule has 4 aromatic heterocycles. The lowest BCUT2D eigenvalue weighted by molar-refractivity contribution is 0.837. The Morgan fingerprint density at radius 3 is 3.16 bits per heavy atom. The number of hydrogen-bond acceptors (Lipinski definition) is 4. The Hall–Kier alpha value is -2.21. The van der Waals surface area contributed by atoms with Crippen LogP contribution in [0.4, 0.5) is 0 Å². The Balaban J connectivity index is 1.95. The zero-order chi connectivity index (χ0) is 12.8. The van der Waals surface area contributed by atoms with Crippen LogP contribution in [0.15, 0.2) is 29.4 Å². The van der Waals surface area contributed by atoms with Crippen LogP contribution in [0.3, 0.4) is 0 Å². The Labute approximate surface area is 113 Å². The van der Waals surface area contributed by atoms with Gasteiger partial charge in [-0.1, -0.05) is 0 Å². The molecule has 19 heavy (non-hydrogen) atoms. The summed E-state index contributed by atoms with van der Waals surface area (Å²) in [4.78, 5) is 16.5. The van der Waals surface area contributed by atoms with Gasteiger partial charge in [-0.25, -0.2) is 15.0 Å².